The third-order valence-electron chi connectivity index (χ3n) is 3.38. The fraction of sp³-hybridized carbons (Fsp3) is 0.765. The average Bonchev–Trinajstić information content (AvgIpc) is 2.48. The van der Waals surface area contributed by atoms with Crippen LogP contribution < -0.4 is 0 Å². The van der Waals surface area contributed by atoms with E-state index in [9.17, 15) is 14.7 Å². The number of hydrogen-bond donors (Lipinski definition) is 1. The summed E-state index contributed by atoms with van der Waals surface area (Å²) in [4.78, 5) is 26.0. The van der Waals surface area contributed by atoms with Gasteiger partial charge in [0, 0.05) is 12.6 Å². The second-order valence-corrected chi connectivity index (χ2v) is 11.8. The molecular weight excluding hydrogens is 326 g/mol. The van der Waals surface area contributed by atoms with Crippen LogP contribution >= 0.6 is 0 Å². The summed E-state index contributed by atoms with van der Waals surface area (Å²) in [5.41, 5.74) is 2.19. The molecule has 0 aromatic heterocycles. The lowest BCUT2D eigenvalue weighted by molar-refractivity contribution is -0.157. The molecule has 0 aliphatic heterocycles. The summed E-state index contributed by atoms with van der Waals surface area (Å²) in [6, 6.07) is -0.870. The highest BCUT2D eigenvalue weighted by Gasteiger charge is 2.32. The number of rotatable bonds is 11. The highest BCUT2D eigenvalue weighted by atomic mass is 28.3. The van der Waals surface area contributed by atoms with Crippen molar-refractivity contribution in [2.45, 2.75) is 58.9 Å². The number of nitrogens with zero attached hydrogens (tertiary/aromatic N) is 1. The van der Waals surface area contributed by atoms with Crippen molar-refractivity contribution in [1.29, 1.82) is 0 Å². The highest BCUT2D eigenvalue weighted by molar-refractivity contribution is 6.80. The van der Waals surface area contributed by atoms with E-state index in [1.807, 2.05) is 13.0 Å². The Bertz CT molecular complexity index is 420. The summed E-state index contributed by atoms with van der Waals surface area (Å²) in [6.45, 7) is 12.7. The quantitative estimate of drug-likeness (QED) is 0.449. The number of carbonyl (C=O) groups excluding carboxylic acids is 2. The lowest BCUT2D eigenvalue weighted by Gasteiger charge is -2.33. The lowest BCUT2D eigenvalue weighted by atomic mass is 10.1. The Kier molecular flexibility index (Phi) is 10.8. The summed E-state index contributed by atoms with van der Waals surface area (Å²) in [5.74, 6) is -0.910. The molecule has 140 valence electrons. The molecule has 0 saturated carbocycles. The zero-order chi connectivity index (χ0) is 18.8. The maximum atomic E-state index is 12.3. The first kappa shape index (κ1) is 22.8. The Morgan fingerprint density at radius 3 is 2.21 bits per heavy atom. The molecule has 0 amide bonds. The van der Waals surface area contributed by atoms with Crippen molar-refractivity contribution < 1.29 is 24.2 Å². The first-order chi connectivity index (χ1) is 11.2. The maximum absolute atomic E-state index is 12.3. The van der Waals surface area contributed by atoms with Crippen molar-refractivity contribution in [1.82, 2.24) is 4.90 Å². The van der Waals surface area contributed by atoms with Crippen LogP contribution in [0.1, 0.15) is 27.2 Å². The molecule has 0 radical (unpaired) electrons. The van der Waals surface area contributed by atoms with Crippen molar-refractivity contribution in [3.8, 4) is 0 Å². The molecule has 0 saturated heterocycles. The second kappa shape index (κ2) is 11.4. The molecule has 0 heterocycles. The normalized spacial score (nSPS) is 14.7. The topological polar surface area (TPSA) is 76.1 Å². The number of hydrogen-bond acceptors (Lipinski definition) is 6. The minimum atomic E-state index is -1.39. The number of carbonyl (C=O) groups is 2. The molecule has 0 aliphatic rings. The predicted octanol–water partition coefficient (Wildman–Crippen LogP) is 1.99. The van der Waals surface area contributed by atoms with Gasteiger partial charge in [0.15, 0.2) is 0 Å². The largest absolute Gasteiger partial charge is 0.466 e. The van der Waals surface area contributed by atoms with Crippen molar-refractivity contribution in [3.63, 3.8) is 0 Å². The first-order valence-electron chi connectivity index (χ1n) is 8.54. The van der Waals surface area contributed by atoms with Crippen molar-refractivity contribution in [3.05, 3.63) is 11.8 Å². The van der Waals surface area contributed by atoms with Crippen molar-refractivity contribution in [2.24, 2.45) is 0 Å². The monoisotopic (exact) mass is 359 g/mol. The summed E-state index contributed by atoms with van der Waals surface area (Å²) < 4.78 is 10.1. The third-order valence-corrected chi connectivity index (χ3v) is 4.57. The van der Waals surface area contributed by atoms with Crippen LogP contribution in [0.25, 0.3) is 0 Å². The molecule has 0 fully saturated rings. The van der Waals surface area contributed by atoms with Crippen molar-refractivity contribution >= 4 is 20.0 Å². The molecule has 0 aromatic carbocycles. The SMILES string of the molecule is CCOC(=O)CC(C(=O)OCC)N(CCO)C(C)/C=C/[Si](C)(C)C. The molecule has 7 heteroatoms. The van der Waals surface area contributed by atoms with Gasteiger partial charge >= 0.3 is 11.9 Å². The Balaban J connectivity index is 5.38. The van der Waals surface area contributed by atoms with Crippen LogP contribution in [0.15, 0.2) is 11.8 Å². The van der Waals surface area contributed by atoms with E-state index in [1.54, 1.807) is 18.7 Å². The fourth-order valence-corrected chi connectivity index (χ4v) is 3.11. The van der Waals surface area contributed by atoms with Crippen molar-refractivity contribution in [2.75, 3.05) is 26.4 Å². The van der Waals surface area contributed by atoms with Gasteiger partial charge < -0.3 is 14.6 Å². The summed E-state index contributed by atoms with van der Waals surface area (Å²) in [5, 5.41) is 9.39. The summed E-state index contributed by atoms with van der Waals surface area (Å²) >= 11 is 0. The van der Waals surface area contributed by atoms with E-state index in [0.29, 0.717) is 0 Å². The zero-order valence-corrected chi connectivity index (χ0v) is 16.9. The number of aliphatic hydroxyl groups excluding tert-OH is 1. The molecule has 0 aliphatic carbocycles. The van der Waals surface area contributed by atoms with Gasteiger partial charge in [-0.3, -0.25) is 14.5 Å². The molecule has 1 N–H and O–H groups in total. The van der Waals surface area contributed by atoms with E-state index in [1.165, 1.54) is 0 Å². The minimum Gasteiger partial charge on any atom is -0.466 e. The van der Waals surface area contributed by atoms with Gasteiger partial charge in [0.2, 0.25) is 0 Å². The van der Waals surface area contributed by atoms with Crippen LogP contribution in [-0.4, -0.2) is 68.5 Å². The van der Waals surface area contributed by atoms with Gasteiger partial charge in [-0.05, 0) is 20.8 Å². The smallest absolute Gasteiger partial charge is 0.323 e. The van der Waals surface area contributed by atoms with Crippen LogP contribution in [0.3, 0.4) is 0 Å². The highest BCUT2D eigenvalue weighted by Crippen LogP contribution is 2.15. The summed E-state index contributed by atoms with van der Waals surface area (Å²) in [7, 11) is -1.39. The van der Waals surface area contributed by atoms with Gasteiger partial charge in [0.1, 0.15) is 6.04 Å². The van der Waals surface area contributed by atoms with E-state index < -0.39 is 26.1 Å². The molecule has 0 bridgehead atoms. The minimum absolute atomic E-state index is 0.0855. The molecule has 2 atom stereocenters. The van der Waals surface area contributed by atoms with Gasteiger partial charge in [-0.1, -0.05) is 31.4 Å². The Hall–Kier alpha value is -1.18. The third kappa shape index (κ3) is 9.20. The van der Waals surface area contributed by atoms with Crippen LogP contribution in [0.5, 0.6) is 0 Å². The molecule has 0 spiro atoms. The van der Waals surface area contributed by atoms with E-state index in [0.717, 1.165) is 0 Å². The van der Waals surface area contributed by atoms with Gasteiger partial charge in [-0.2, -0.15) is 0 Å². The Morgan fingerprint density at radius 1 is 1.17 bits per heavy atom. The average molecular weight is 360 g/mol. The number of esters is 2. The number of aliphatic hydroxyl groups is 1. The Labute approximate surface area is 146 Å². The van der Waals surface area contributed by atoms with Gasteiger partial charge in [-0.25, -0.2) is 0 Å². The van der Waals surface area contributed by atoms with Crippen LogP contribution in [0.2, 0.25) is 19.6 Å². The van der Waals surface area contributed by atoms with E-state index in [-0.39, 0.29) is 38.8 Å². The Morgan fingerprint density at radius 2 is 1.75 bits per heavy atom. The van der Waals surface area contributed by atoms with E-state index in [2.05, 4.69) is 25.3 Å². The zero-order valence-electron chi connectivity index (χ0n) is 15.9. The molecular formula is C17H33NO5Si. The van der Waals surface area contributed by atoms with Crippen LogP contribution in [0, 0.1) is 0 Å². The maximum Gasteiger partial charge on any atom is 0.323 e. The van der Waals surface area contributed by atoms with E-state index in [4.69, 9.17) is 9.47 Å². The summed E-state index contributed by atoms with van der Waals surface area (Å²) in [6.07, 6.45) is 1.96. The number of ether oxygens (including phenoxy) is 2. The molecule has 2 unspecified atom stereocenters. The molecule has 6 nitrogen and oxygen atoms in total. The van der Waals surface area contributed by atoms with Gasteiger partial charge in [0.05, 0.1) is 34.3 Å². The van der Waals surface area contributed by atoms with Crippen LogP contribution in [0.4, 0.5) is 0 Å². The van der Waals surface area contributed by atoms with Gasteiger partial charge in [0.25, 0.3) is 0 Å². The first-order valence-corrected chi connectivity index (χ1v) is 12.1. The fourth-order valence-electron chi connectivity index (χ4n) is 2.25. The standard InChI is InChI=1S/C17H33NO5Si/c1-7-22-16(20)13-15(17(21)23-8-2)18(10-11-19)14(3)9-12-24(4,5)6/h9,12,14-15,19H,7-8,10-11,13H2,1-6H3/b12-9+. The van der Waals surface area contributed by atoms with Gasteiger partial charge in [-0.15, -0.1) is 0 Å². The predicted molar refractivity (Wildman–Crippen MR) is 97.4 cm³/mol. The lowest BCUT2D eigenvalue weighted by Crippen LogP contribution is -2.49. The molecule has 0 aromatic rings. The second-order valence-electron chi connectivity index (χ2n) is 6.70. The molecule has 0 rings (SSSR count). The van der Waals surface area contributed by atoms with Crippen LogP contribution in [-0.2, 0) is 19.1 Å². The van der Waals surface area contributed by atoms with E-state index >= 15 is 0 Å². The molecule has 24 heavy (non-hydrogen) atoms.